The Morgan fingerprint density at radius 3 is 1.75 bits per heavy atom. The van der Waals surface area contributed by atoms with Crippen LogP contribution in [-0.4, -0.2) is 39.2 Å². The van der Waals surface area contributed by atoms with Crippen LogP contribution in [-0.2, 0) is 18.6 Å². The molecule has 6 heteroatoms. The highest BCUT2D eigenvalue weighted by atomic mass is 31.2. The molecule has 1 atom stereocenters. The van der Waals surface area contributed by atoms with Gasteiger partial charge in [-0.1, -0.05) is 140 Å². The van der Waals surface area contributed by atoms with Gasteiger partial charge >= 0.3 is 7.60 Å². The second kappa shape index (κ2) is 23.2. The average molecular weight is 577 g/mol. The zero-order chi connectivity index (χ0) is 28.6. The standard InChI is InChI=1S/C34H57O5P/c1-3-5-6-7-8-9-10-11-12-13-14-15-16-17-18-21-27-38-40(35,31-30-37-29-28-36-4-2)39-34-26-22-24-32-23-19-20-25-33(32)34/h19-20,22-26H,3-18,21,27-31H2,1-2H3. The van der Waals surface area contributed by atoms with Crippen molar-refractivity contribution in [3.8, 4) is 5.75 Å². The monoisotopic (exact) mass is 576 g/mol. The van der Waals surface area contributed by atoms with E-state index in [1.807, 2.05) is 49.4 Å². The summed E-state index contributed by atoms with van der Waals surface area (Å²) < 4.78 is 36.7. The van der Waals surface area contributed by atoms with Crippen molar-refractivity contribution in [3.05, 3.63) is 42.5 Å². The van der Waals surface area contributed by atoms with Crippen LogP contribution >= 0.6 is 7.60 Å². The van der Waals surface area contributed by atoms with Gasteiger partial charge in [-0.15, -0.1) is 0 Å². The van der Waals surface area contributed by atoms with Gasteiger partial charge in [0.15, 0.2) is 0 Å². The van der Waals surface area contributed by atoms with Crippen LogP contribution in [0.25, 0.3) is 10.8 Å². The Morgan fingerprint density at radius 2 is 1.12 bits per heavy atom. The highest BCUT2D eigenvalue weighted by molar-refractivity contribution is 7.54. The predicted molar refractivity (Wildman–Crippen MR) is 170 cm³/mol. The van der Waals surface area contributed by atoms with Crippen molar-refractivity contribution in [2.45, 2.75) is 117 Å². The SMILES string of the molecule is CCCCCCCCCCCCCCCCCCOP(=O)(CCOCCOCC)Oc1cccc2ccccc12. The van der Waals surface area contributed by atoms with E-state index < -0.39 is 7.60 Å². The number of benzene rings is 2. The largest absolute Gasteiger partial charge is 0.424 e. The van der Waals surface area contributed by atoms with E-state index in [9.17, 15) is 4.57 Å². The van der Waals surface area contributed by atoms with E-state index in [0.717, 1.165) is 23.6 Å². The molecule has 0 N–H and O–H groups in total. The molecule has 0 fully saturated rings. The lowest BCUT2D eigenvalue weighted by atomic mass is 10.0. The number of ether oxygens (including phenoxy) is 2. The number of unbranched alkanes of at least 4 members (excludes halogenated alkanes) is 15. The molecule has 2 aromatic rings. The molecule has 0 spiro atoms. The lowest BCUT2D eigenvalue weighted by Gasteiger charge is -2.20. The fraction of sp³-hybridized carbons (Fsp3) is 0.706. The first-order valence-electron chi connectivity index (χ1n) is 16.2. The average Bonchev–Trinajstić information content (AvgIpc) is 2.97. The number of fused-ring (bicyclic) bond motifs is 1. The smallest absolute Gasteiger partial charge is 0.381 e. The van der Waals surface area contributed by atoms with E-state index in [1.54, 1.807) is 0 Å². The minimum absolute atomic E-state index is 0.223. The first-order valence-corrected chi connectivity index (χ1v) is 18.0. The molecule has 0 saturated heterocycles. The van der Waals surface area contributed by atoms with Gasteiger partial charge in [-0.3, -0.25) is 4.52 Å². The predicted octanol–water partition coefficient (Wildman–Crippen LogP) is 10.7. The van der Waals surface area contributed by atoms with E-state index in [-0.39, 0.29) is 6.16 Å². The molecule has 0 aliphatic rings. The van der Waals surface area contributed by atoms with Crippen LogP contribution in [0, 0.1) is 0 Å². The normalized spacial score (nSPS) is 13.1. The lowest BCUT2D eigenvalue weighted by molar-refractivity contribution is 0.0576. The zero-order valence-electron chi connectivity index (χ0n) is 25.6. The van der Waals surface area contributed by atoms with Crippen LogP contribution in [0.2, 0.25) is 0 Å². The molecule has 0 aromatic heterocycles. The third kappa shape index (κ3) is 16.2. The highest BCUT2D eigenvalue weighted by Gasteiger charge is 2.27. The van der Waals surface area contributed by atoms with Gasteiger partial charge in [-0.25, -0.2) is 4.57 Å². The van der Waals surface area contributed by atoms with E-state index in [1.165, 1.54) is 89.9 Å². The fourth-order valence-electron chi connectivity index (χ4n) is 4.96. The van der Waals surface area contributed by atoms with Crippen molar-refractivity contribution < 1.29 is 23.1 Å². The molecule has 228 valence electrons. The first kappa shape index (κ1) is 34.8. The summed E-state index contributed by atoms with van der Waals surface area (Å²) >= 11 is 0. The Morgan fingerprint density at radius 1 is 0.575 bits per heavy atom. The van der Waals surface area contributed by atoms with Gasteiger partial charge in [0.2, 0.25) is 0 Å². The molecule has 0 aliphatic carbocycles. The highest BCUT2D eigenvalue weighted by Crippen LogP contribution is 2.49. The third-order valence-corrected chi connectivity index (χ3v) is 9.14. The Hall–Kier alpha value is -1.39. The Kier molecular flexibility index (Phi) is 20.2. The van der Waals surface area contributed by atoms with Crippen LogP contribution in [0.1, 0.15) is 117 Å². The van der Waals surface area contributed by atoms with Gasteiger partial charge in [-0.05, 0) is 24.8 Å². The van der Waals surface area contributed by atoms with E-state index in [0.29, 0.717) is 38.8 Å². The maximum absolute atomic E-state index is 13.7. The molecule has 2 rings (SSSR count). The first-order chi connectivity index (χ1) is 19.7. The van der Waals surface area contributed by atoms with Gasteiger partial charge in [-0.2, -0.15) is 0 Å². The van der Waals surface area contributed by atoms with Crippen LogP contribution in [0.5, 0.6) is 5.75 Å². The molecular formula is C34H57O5P. The second-order valence-corrected chi connectivity index (χ2v) is 13.0. The van der Waals surface area contributed by atoms with Crippen molar-refractivity contribution in [3.63, 3.8) is 0 Å². The molecule has 40 heavy (non-hydrogen) atoms. The maximum Gasteiger partial charge on any atom is 0.381 e. The molecule has 2 aromatic carbocycles. The molecule has 0 bridgehead atoms. The van der Waals surface area contributed by atoms with Gasteiger partial charge in [0, 0.05) is 12.0 Å². The summed E-state index contributed by atoms with van der Waals surface area (Å²) in [5.41, 5.74) is 0. The topological polar surface area (TPSA) is 54.0 Å². The van der Waals surface area contributed by atoms with Crippen molar-refractivity contribution in [1.29, 1.82) is 0 Å². The summed E-state index contributed by atoms with van der Waals surface area (Å²) in [4.78, 5) is 0. The molecule has 0 heterocycles. The lowest BCUT2D eigenvalue weighted by Crippen LogP contribution is -2.11. The van der Waals surface area contributed by atoms with E-state index in [4.69, 9.17) is 18.5 Å². The summed E-state index contributed by atoms with van der Waals surface area (Å²) in [6.45, 7) is 6.66. The number of rotatable bonds is 27. The summed E-state index contributed by atoms with van der Waals surface area (Å²) in [6.07, 6.45) is 21.4. The number of hydrogen-bond donors (Lipinski definition) is 0. The van der Waals surface area contributed by atoms with Gasteiger partial charge < -0.3 is 14.0 Å². The molecule has 0 radical (unpaired) electrons. The molecule has 5 nitrogen and oxygen atoms in total. The Labute approximate surface area is 245 Å². The van der Waals surface area contributed by atoms with Gasteiger partial charge in [0.05, 0.1) is 32.6 Å². The van der Waals surface area contributed by atoms with Crippen molar-refractivity contribution >= 4 is 18.4 Å². The van der Waals surface area contributed by atoms with Crippen molar-refractivity contribution in [2.24, 2.45) is 0 Å². The second-order valence-electron chi connectivity index (χ2n) is 10.8. The minimum atomic E-state index is -3.36. The molecular weight excluding hydrogens is 519 g/mol. The molecule has 1 unspecified atom stereocenters. The quantitative estimate of drug-likeness (QED) is 0.0782. The summed E-state index contributed by atoms with van der Waals surface area (Å²) in [5, 5.41) is 1.99. The van der Waals surface area contributed by atoms with Crippen molar-refractivity contribution in [1.82, 2.24) is 0 Å². The molecule has 0 saturated carbocycles. The molecule has 0 aliphatic heterocycles. The van der Waals surface area contributed by atoms with E-state index >= 15 is 0 Å². The van der Waals surface area contributed by atoms with Crippen LogP contribution in [0.4, 0.5) is 0 Å². The summed E-state index contributed by atoms with van der Waals surface area (Å²) in [6, 6.07) is 13.8. The van der Waals surface area contributed by atoms with Gasteiger partial charge in [0.25, 0.3) is 0 Å². The van der Waals surface area contributed by atoms with Crippen LogP contribution < -0.4 is 4.52 Å². The van der Waals surface area contributed by atoms with Crippen LogP contribution in [0.3, 0.4) is 0 Å². The van der Waals surface area contributed by atoms with Gasteiger partial charge in [0.1, 0.15) is 5.75 Å². The minimum Gasteiger partial charge on any atom is -0.424 e. The zero-order valence-corrected chi connectivity index (χ0v) is 26.5. The summed E-state index contributed by atoms with van der Waals surface area (Å²) in [5.74, 6) is 0.600. The number of hydrogen-bond acceptors (Lipinski definition) is 5. The Balaban J connectivity index is 1.61. The summed E-state index contributed by atoms with van der Waals surface area (Å²) in [7, 11) is -3.36. The maximum atomic E-state index is 13.7. The molecule has 0 amide bonds. The fourth-order valence-corrected chi connectivity index (χ4v) is 6.45. The van der Waals surface area contributed by atoms with E-state index in [2.05, 4.69) is 6.92 Å². The Bertz CT molecular complexity index is 913. The van der Waals surface area contributed by atoms with Crippen molar-refractivity contribution in [2.75, 3.05) is 39.2 Å². The van der Waals surface area contributed by atoms with Crippen LogP contribution in [0.15, 0.2) is 42.5 Å². The third-order valence-electron chi connectivity index (χ3n) is 7.36.